The Balaban J connectivity index is 2.04. The molecule has 0 aliphatic carbocycles. The van der Waals surface area contributed by atoms with Gasteiger partial charge in [0.15, 0.2) is 5.82 Å². The van der Waals surface area contributed by atoms with Gasteiger partial charge in [0.05, 0.1) is 11.9 Å². The lowest BCUT2D eigenvalue weighted by molar-refractivity contribution is -0.119. The van der Waals surface area contributed by atoms with Crippen LogP contribution in [-0.2, 0) is 4.79 Å². The van der Waals surface area contributed by atoms with E-state index in [9.17, 15) is 4.79 Å². The fourth-order valence-electron chi connectivity index (χ4n) is 2.45. The first-order valence-corrected chi connectivity index (χ1v) is 8.47. The summed E-state index contributed by atoms with van der Waals surface area (Å²) in [5, 5.41) is 2.93. The number of aromatic nitrogens is 2. The molecule has 1 atom stereocenters. The highest BCUT2D eigenvalue weighted by molar-refractivity contribution is 5.94. The number of hydrogen-bond acceptors (Lipinski definition) is 3. The zero-order valence-electron chi connectivity index (χ0n) is 14.4. The van der Waals surface area contributed by atoms with Crippen molar-refractivity contribution in [2.75, 3.05) is 5.32 Å². The molecule has 1 amide bonds. The molecule has 0 radical (unpaired) electrons. The van der Waals surface area contributed by atoms with Gasteiger partial charge >= 0.3 is 0 Å². The van der Waals surface area contributed by atoms with Gasteiger partial charge in [-0.3, -0.25) is 4.79 Å². The Labute approximate surface area is 148 Å². The number of anilines is 1. The Bertz CT molecular complexity index is 848. The summed E-state index contributed by atoms with van der Waals surface area (Å²) in [7, 11) is 0. The van der Waals surface area contributed by atoms with E-state index in [2.05, 4.69) is 10.3 Å². The predicted molar refractivity (Wildman–Crippen MR) is 101 cm³/mol. The minimum absolute atomic E-state index is 0.0403. The number of nitrogens with zero attached hydrogens (tertiary/aromatic N) is 2. The quantitative estimate of drug-likeness (QED) is 0.731. The Kier molecular flexibility index (Phi) is 5.19. The topological polar surface area (TPSA) is 54.9 Å². The van der Waals surface area contributed by atoms with E-state index in [1.807, 2.05) is 74.5 Å². The molecule has 3 aromatic rings. The van der Waals surface area contributed by atoms with E-state index in [0.29, 0.717) is 11.5 Å². The van der Waals surface area contributed by atoms with Gasteiger partial charge in [0.1, 0.15) is 5.69 Å². The zero-order chi connectivity index (χ0) is 17.6. The van der Waals surface area contributed by atoms with Crippen LogP contribution in [0.5, 0.6) is 0 Å². The molecule has 0 saturated heterocycles. The van der Waals surface area contributed by atoms with Gasteiger partial charge in [0.2, 0.25) is 5.91 Å². The Hall–Kier alpha value is -3.01. The van der Waals surface area contributed by atoms with Gasteiger partial charge in [-0.15, -0.1) is 0 Å². The third kappa shape index (κ3) is 3.91. The van der Waals surface area contributed by atoms with Crippen molar-refractivity contribution in [1.29, 1.82) is 0 Å². The lowest BCUT2D eigenvalue weighted by atomic mass is 10.1. The van der Waals surface area contributed by atoms with E-state index in [-0.39, 0.29) is 11.8 Å². The van der Waals surface area contributed by atoms with Gasteiger partial charge in [-0.05, 0) is 6.42 Å². The van der Waals surface area contributed by atoms with Crippen LogP contribution >= 0.6 is 0 Å². The van der Waals surface area contributed by atoms with Crippen molar-refractivity contribution in [3.8, 4) is 22.5 Å². The molecular formula is C21H21N3O. The molecule has 4 nitrogen and oxygen atoms in total. The summed E-state index contributed by atoms with van der Waals surface area (Å²) in [4.78, 5) is 21.6. The van der Waals surface area contributed by atoms with Crippen LogP contribution in [0, 0.1) is 5.92 Å². The highest BCUT2D eigenvalue weighted by atomic mass is 16.1. The van der Waals surface area contributed by atoms with Crippen molar-refractivity contribution in [2.24, 2.45) is 5.92 Å². The molecule has 126 valence electrons. The van der Waals surface area contributed by atoms with E-state index < -0.39 is 0 Å². The number of nitrogens with one attached hydrogen (secondary N) is 1. The summed E-state index contributed by atoms with van der Waals surface area (Å²) < 4.78 is 0. The molecule has 0 fully saturated rings. The molecule has 3 rings (SSSR count). The third-order valence-electron chi connectivity index (χ3n) is 4.19. The summed E-state index contributed by atoms with van der Waals surface area (Å²) in [5.74, 6) is 0.386. The first kappa shape index (κ1) is 16.8. The van der Waals surface area contributed by atoms with Crippen LogP contribution in [0.25, 0.3) is 22.5 Å². The number of benzene rings is 2. The van der Waals surface area contributed by atoms with E-state index in [1.165, 1.54) is 0 Å². The summed E-state index contributed by atoms with van der Waals surface area (Å²) in [5.41, 5.74) is 3.37. The van der Waals surface area contributed by atoms with Crippen LogP contribution in [0.1, 0.15) is 20.3 Å². The first-order chi connectivity index (χ1) is 12.2. The lowest BCUT2D eigenvalue weighted by Gasteiger charge is -2.14. The fourth-order valence-corrected chi connectivity index (χ4v) is 2.45. The SMILES string of the molecule is CCC(C)C(=O)Nc1ncc(-c2ccccc2)nc1-c1ccccc1. The highest BCUT2D eigenvalue weighted by Crippen LogP contribution is 2.27. The van der Waals surface area contributed by atoms with Gasteiger partial charge in [0.25, 0.3) is 0 Å². The molecule has 1 heterocycles. The average molecular weight is 331 g/mol. The van der Waals surface area contributed by atoms with Crippen LogP contribution in [0.15, 0.2) is 66.9 Å². The van der Waals surface area contributed by atoms with Crippen molar-refractivity contribution in [1.82, 2.24) is 9.97 Å². The first-order valence-electron chi connectivity index (χ1n) is 8.47. The van der Waals surface area contributed by atoms with Crippen LogP contribution in [0.2, 0.25) is 0 Å². The molecule has 0 spiro atoms. The minimum atomic E-state index is -0.0702. The van der Waals surface area contributed by atoms with Gasteiger partial charge in [0, 0.05) is 17.0 Å². The zero-order valence-corrected chi connectivity index (χ0v) is 14.4. The normalized spacial score (nSPS) is 11.8. The smallest absolute Gasteiger partial charge is 0.228 e. The van der Waals surface area contributed by atoms with Gasteiger partial charge in [-0.25, -0.2) is 9.97 Å². The predicted octanol–water partition coefficient (Wildman–Crippen LogP) is 4.80. The summed E-state index contributed by atoms with van der Waals surface area (Å²) in [6, 6.07) is 19.7. The van der Waals surface area contributed by atoms with Crippen molar-refractivity contribution in [2.45, 2.75) is 20.3 Å². The van der Waals surface area contributed by atoms with Crippen LogP contribution in [0.4, 0.5) is 5.82 Å². The van der Waals surface area contributed by atoms with Crippen LogP contribution in [0.3, 0.4) is 0 Å². The van der Waals surface area contributed by atoms with Crippen molar-refractivity contribution in [3.63, 3.8) is 0 Å². The second-order valence-corrected chi connectivity index (χ2v) is 5.98. The fraction of sp³-hybridized carbons (Fsp3) is 0.190. The Morgan fingerprint density at radius 2 is 1.60 bits per heavy atom. The van der Waals surface area contributed by atoms with Crippen molar-refractivity contribution >= 4 is 11.7 Å². The molecular weight excluding hydrogens is 310 g/mol. The number of carbonyl (C=O) groups excluding carboxylic acids is 1. The summed E-state index contributed by atoms with van der Waals surface area (Å²) in [6.45, 7) is 3.90. The van der Waals surface area contributed by atoms with Crippen molar-refractivity contribution < 1.29 is 4.79 Å². The molecule has 0 bridgehead atoms. The van der Waals surface area contributed by atoms with Crippen molar-refractivity contribution in [3.05, 3.63) is 66.9 Å². The maximum Gasteiger partial charge on any atom is 0.228 e. The largest absolute Gasteiger partial charge is 0.309 e. The minimum Gasteiger partial charge on any atom is -0.309 e. The van der Waals surface area contributed by atoms with E-state index in [0.717, 1.165) is 23.2 Å². The molecule has 1 aromatic heterocycles. The average Bonchev–Trinajstić information content (AvgIpc) is 2.69. The lowest BCUT2D eigenvalue weighted by Crippen LogP contribution is -2.21. The molecule has 1 N–H and O–H groups in total. The highest BCUT2D eigenvalue weighted by Gasteiger charge is 2.16. The van der Waals surface area contributed by atoms with Gasteiger partial charge in [-0.2, -0.15) is 0 Å². The Morgan fingerprint density at radius 1 is 1.00 bits per heavy atom. The molecule has 4 heteroatoms. The molecule has 0 aliphatic rings. The number of rotatable bonds is 5. The van der Waals surface area contributed by atoms with Gasteiger partial charge < -0.3 is 5.32 Å². The van der Waals surface area contributed by atoms with Gasteiger partial charge in [-0.1, -0.05) is 74.5 Å². The molecule has 0 saturated carbocycles. The molecule has 2 aromatic carbocycles. The number of amides is 1. The summed E-state index contributed by atoms with van der Waals surface area (Å²) in [6.07, 6.45) is 2.48. The molecule has 25 heavy (non-hydrogen) atoms. The second-order valence-electron chi connectivity index (χ2n) is 5.98. The maximum atomic E-state index is 12.3. The molecule has 0 aliphatic heterocycles. The Morgan fingerprint density at radius 3 is 2.20 bits per heavy atom. The number of carbonyl (C=O) groups is 1. The van der Waals surface area contributed by atoms with E-state index >= 15 is 0 Å². The summed E-state index contributed by atoms with van der Waals surface area (Å²) >= 11 is 0. The monoisotopic (exact) mass is 331 g/mol. The molecule has 1 unspecified atom stereocenters. The standard InChI is InChI=1S/C21H21N3O/c1-3-15(2)21(25)24-20-19(17-12-8-5-9-13-17)23-18(14-22-20)16-10-6-4-7-11-16/h4-15H,3H2,1-2H3,(H,22,24,25). The van der Waals surface area contributed by atoms with Crippen LogP contribution in [-0.4, -0.2) is 15.9 Å². The maximum absolute atomic E-state index is 12.3. The van der Waals surface area contributed by atoms with E-state index in [1.54, 1.807) is 6.20 Å². The van der Waals surface area contributed by atoms with Crippen LogP contribution < -0.4 is 5.32 Å². The second kappa shape index (κ2) is 7.71. The van der Waals surface area contributed by atoms with E-state index in [4.69, 9.17) is 4.98 Å². The number of hydrogen-bond donors (Lipinski definition) is 1. The third-order valence-corrected chi connectivity index (χ3v) is 4.19.